The highest BCUT2D eigenvalue weighted by atomic mass is 35.5. The molecule has 0 saturated heterocycles. The summed E-state index contributed by atoms with van der Waals surface area (Å²) in [5.41, 5.74) is 4.00. The molecule has 0 aromatic heterocycles. The number of anilines is 2. The monoisotopic (exact) mass is 480 g/mol. The number of carbonyl (C=O) groups is 2. The van der Waals surface area contributed by atoms with Crippen LogP contribution in [-0.2, 0) is 16.1 Å². The molecule has 1 unspecified atom stereocenters. The van der Waals surface area contributed by atoms with E-state index in [1.165, 1.54) is 6.08 Å². The zero-order valence-corrected chi connectivity index (χ0v) is 19.7. The van der Waals surface area contributed by atoms with Crippen LogP contribution in [0.4, 0.5) is 11.4 Å². The van der Waals surface area contributed by atoms with Gasteiger partial charge in [0, 0.05) is 21.8 Å². The molecule has 3 aromatic carbocycles. The number of fused-ring (bicyclic) bond motifs is 1. The quantitative estimate of drug-likeness (QED) is 0.437. The number of benzene rings is 3. The molecule has 0 bridgehead atoms. The number of carbonyl (C=O) groups excluding carboxylic acids is 2. The number of amides is 2. The minimum atomic E-state index is -0.588. The molecular formula is C26H22Cl2N2O3. The molecule has 5 nitrogen and oxygen atoms in total. The number of ether oxygens (including phenoxy) is 1. The van der Waals surface area contributed by atoms with Crippen LogP contribution in [0.3, 0.4) is 0 Å². The summed E-state index contributed by atoms with van der Waals surface area (Å²) in [7, 11) is 0. The number of rotatable bonds is 5. The molecule has 0 radical (unpaired) electrons. The molecule has 4 rings (SSSR count). The van der Waals surface area contributed by atoms with Crippen LogP contribution in [0.15, 0.2) is 66.7 Å². The molecule has 1 atom stereocenters. The van der Waals surface area contributed by atoms with E-state index in [0.717, 1.165) is 11.1 Å². The molecule has 0 aliphatic carbocycles. The second-order valence-electron chi connectivity index (χ2n) is 7.84. The standard InChI is InChI=1S/C26H22Cl2N2O3/c1-16-3-5-18(6-4-16)15-30-23-14-21(10-11-24(23)33-17(2)26(30)32)29-25(31)12-8-19-7-9-20(27)13-22(19)28/h3-14,17H,15H2,1-2H3,(H,29,31)/b12-8+. The van der Waals surface area contributed by atoms with Crippen molar-refractivity contribution in [3.05, 3.63) is 93.5 Å². The van der Waals surface area contributed by atoms with Crippen molar-refractivity contribution in [1.82, 2.24) is 0 Å². The molecule has 0 fully saturated rings. The first-order valence-corrected chi connectivity index (χ1v) is 11.2. The molecule has 168 valence electrons. The Labute approximate surface area is 202 Å². The first-order chi connectivity index (χ1) is 15.8. The maximum absolute atomic E-state index is 12.9. The minimum Gasteiger partial charge on any atom is -0.479 e. The molecule has 1 aliphatic heterocycles. The van der Waals surface area contributed by atoms with Crippen molar-refractivity contribution in [3.63, 3.8) is 0 Å². The fraction of sp³-hybridized carbons (Fsp3) is 0.154. The van der Waals surface area contributed by atoms with Crippen LogP contribution in [0.1, 0.15) is 23.6 Å². The van der Waals surface area contributed by atoms with E-state index in [0.29, 0.717) is 39.3 Å². The molecule has 1 N–H and O–H groups in total. The number of aryl methyl sites for hydroxylation is 1. The average Bonchev–Trinajstić information content (AvgIpc) is 2.78. The summed E-state index contributed by atoms with van der Waals surface area (Å²) < 4.78 is 5.78. The molecule has 7 heteroatoms. The van der Waals surface area contributed by atoms with Gasteiger partial charge in [0.25, 0.3) is 5.91 Å². The fourth-order valence-corrected chi connectivity index (χ4v) is 3.98. The zero-order valence-electron chi connectivity index (χ0n) is 18.1. The second-order valence-corrected chi connectivity index (χ2v) is 8.68. The van der Waals surface area contributed by atoms with E-state index in [2.05, 4.69) is 5.32 Å². The third-order valence-electron chi connectivity index (χ3n) is 5.27. The Morgan fingerprint density at radius 3 is 2.58 bits per heavy atom. The van der Waals surface area contributed by atoms with Gasteiger partial charge in [-0.3, -0.25) is 9.59 Å². The van der Waals surface area contributed by atoms with E-state index in [1.54, 1.807) is 54.3 Å². The van der Waals surface area contributed by atoms with Crippen LogP contribution in [-0.4, -0.2) is 17.9 Å². The van der Waals surface area contributed by atoms with Crippen LogP contribution >= 0.6 is 23.2 Å². The summed E-state index contributed by atoms with van der Waals surface area (Å²) in [4.78, 5) is 27.1. The molecule has 3 aromatic rings. The van der Waals surface area contributed by atoms with E-state index in [-0.39, 0.29) is 11.8 Å². The van der Waals surface area contributed by atoms with Gasteiger partial charge in [-0.15, -0.1) is 0 Å². The maximum Gasteiger partial charge on any atom is 0.268 e. The van der Waals surface area contributed by atoms with Crippen LogP contribution in [0.5, 0.6) is 5.75 Å². The predicted molar refractivity (Wildman–Crippen MR) is 133 cm³/mol. The topological polar surface area (TPSA) is 58.6 Å². The van der Waals surface area contributed by atoms with E-state index >= 15 is 0 Å². The van der Waals surface area contributed by atoms with Gasteiger partial charge in [0.05, 0.1) is 12.2 Å². The lowest BCUT2D eigenvalue weighted by Crippen LogP contribution is -2.44. The fourth-order valence-electron chi connectivity index (χ4n) is 3.51. The molecule has 33 heavy (non-hydrogen) atoms. The van der Waals surface area contributed by atoms with E-state index in [4.69, 9.17) is 27.9 Å². The smallest absolute Gasteiger partial charge is 0.268 e. The average molecular weight is 481 g/mol. The number of hydrogen-bond donors (Lipinski definition) is 1. The van der Waals surface area contributed by atoms with Gasteiger partial charge in [-0.05, 0) is 61.4 Å². The van der Waals surface area contributed by atoms with Crippen molar-refractivity contribution >= 4 is 52.5 Å². The molecule has 1 heterocycles. The number of halogens is 2. The summed E-state index contributed by atoms with van der Waals surface area (Å²) in [5.74, 6) is 0.127. The van der Waals surface area contributed by atoms with E-state index < -0.39 is 6.10 Å². The number of nitrogens with zero attached hydrogens (tertiary/aromatic N) is 1. The Hall–Kier alpha value is -3.28. The van der Waals surface area contributed by atoms with Crippen LogP contribution in [0.25, 0.3) is 6.08 Å². The van der Waals surface area contributed by atoms with Crippen LogP contribution in [0.2, 0.25) is 10.0 Å². The van der Waals surface area contributed by atoms with Crippen molar-refractivity contribution in [2.24, 2.45) is 0 Å². The van der Waals surface area contributed by atoms with Crippen molar-refractivity contribution in [2.75, 3.05) is 10.2 Å². The van der Waals surface area contributed by atoms with Gasteiger partial charge in [-0.25, -0.2) is 0 Å². The third kappa shape index (κ3) is 5.38. The van der Waals surface area contributed by atoms with Gasteiger partial charge in [0.1, 0.15) is 5.75 Å². The summed E-state index contributed by atoms with van der Waals surface area (Å²) in [6.07, 6.45) is 2.42. The first kappa shape index (κ1) is 22.9. The largest absolute Gasteiger partial charge is 0.479 e. The number of hydrogen-bond acceptors (Lipinski definition) is 3. The summed E-state index contributed by atoms with van der Waals surface area (Å²) in [5, 5.41) is 3.80. The lowest BCUT2D eigenvalue weighted by molar-refractivity contribution is -0.125. The van der Waals surface area contributed by atoms with E-state index in [9.17, 15) is 9.59 Å². The Kier molecular flexibility index (Phi) is 6.72. The Bertz CT molecular complexity index is 1240. The Balaban J connectivity index is 1.54. The lowest BCUT2D eigenvalue weighted by Gasteiger charge is -2.33. The van der Waals surface area contributed by atoms with Gasteiger partial charge in [0.15, 0.2) is 6.10 Å². The molecular weight excluding hydrogens is 459 g/mol. The van der Waals surface area contributed by atoms with E-state index in [1.807, 2.05) is 31.2 Å². The normalized spacial score (nSPS) is 15.3. The van der Waals surface area contributed by atoms with Gasteiger partial charge >= 0.3 is 0 Å². The molecule has 0 saturated carbocycles. The lowest BCUT2D eigenvalue weighted by atomic mass is 10.1. The van der Waals surface area contributed by atoms with Crippen LogP contribution in [0, 0.1) is 6.92 Å². The van der Waals surface area contributed by atoms with Gasteiger partial charge in [-0.1, -0.05) is 59.1 Å². The first-order valence-electron chi connectivity index (χ1n) is 10.4. The van der Waals surface area contributed by atoms with Crippen molar-refractivity contribution in [3.8, 4) is 5.75 Å². The van der Waals surface area contributed by atoms with Crippen molar-refractivity contribution < 1.29 is 14.3 Å². The molecule has 2 amide bonds. The summed E-state index contributed by atoms with van der Waals surface area (Å²) in [6.45, 7) is 4.16. The highest BCUT2D eigenvalue weighted by Crippen LogP contribution is 2.37. The highest BCUT2D eigenvalue weighted by Gasteiger charge is 2.31. The summed E-state index contributed by atoms with van der Waals surface area (Å²) in [6, 6.07) is 18.3. The molecule has 0 spiro atoms. The van der Waals surface area contributed by atoms with Crippen LogP contribution < -0.4 is 15.0 Å². The molecule has 1 aliphatic rings. The number of nitrogens with one attached hydrogen (secondary N) is 1. The zero-order chi connectivity index (χ0) is 23.5. The van der Waals surface area contributed by atoms with Gasteiger partial charge in [0.2, 0.25) is 5.91 Å². The SMILES string of the molecule is Cc1ccc(CN2C(=O)C(C)Oc3ccc(NC(=O)/C=C/c4ccc(Cl)cc4Cl)cc32)cc1. The Morgan fingerprint density at radius 1 is 1.09 bits per heavy atom. The second kappa shape index (κ2) is 9.69. The predicted octanol–water partition coefficient (Wildman–Crippen LogP) is 6.27. The third-order valence-corrected chi connectivity index (χ3v) is 5.84. The van der Waals surface area contributed by atoms with Gasteiger partial charge < -0.3 is 15.0 Å². The minimum absolute atomic E-state index is 0.135. The van der Waals surface area contributed by atoms with Crippen molar-refractivity contribution in [2.45, 2.75) is 26.5 Å². The van der Waals surface area contributed by atoms with Crippen molar-refractivity contribution in [1.29, 1.82) is 0 Å². The highest BCUT2D eigenvalue weighted by molar-refractivity contribution is 6.35. The van der Waals surface area contributed by atoms with Gasteiger partial charge in [-0.2, -0.15) is 0 Å². The summed E-state index contributed by atoms with van der Waals surface area (Å²) >= 11 is 12.1. The maximum atomic E-state index is 12.9. The Morgan fingerprint density at radius 2 is 1.85 bits per heavy atom.